The summed E-state index contributed by atoms with van der Waals surface area (Å²) in [5.74, 6) is 8.59. The van der Waals surface area contributed by atoms with Crippen molar-refractivity contribution in [3.63, 3.8) is 0 Å². The first-order chi connectivity index (χ1) is 13.5. The number of aliphatic hydroxyl groups is 1. The van der Waals surface area contributed by atoms with E-state index in [2.05, 4.69) is 68.4 Å². The van der Waals surface area contributed by atoms with Crippen molar-refractivity contribution in [3.05, 3.63) is 51.3 Å². The molecular formula is C30H55OZr. The molecule has 3 rings (SSSR count). The topological polar surface area (TPSA) is 20.2 Å². The second-order valence-electron chi connectivity index (χ2n) is 10.6. The summed E-state index contributed by atoms with van der Waals surface area (Å²) in [5, 5.41) is 9.42. The minimum atomic E-state index is -0.132. The average molecular weight is 523 g/mol. The van der Waals surface area contributed by atoms with Crippen LogP contribution >= 0.6 is 0 Å². The molecule has 2 aliphatic rings. The molecule has 0 amide bonds. The number of benzene rings is 1. The molecule has 1 nitrogen and oxygen atoms in total. The zero-order valence-corrected chi connectivity index (χ0v) is 25.8. The van der Waals surface area contributed by atoms with Crippen molar-refractivity contribution < 1.29 is 31.3 Å². The number of aliphatic hydroxyl groups excluding tert-OH is 1. The molecule has 0 bridgehead atoms. The molecule has 185 valence electrons. The summed E-state index contributed by atoms with van der Waals surface area (Å²) in [7, 11) is 0. The molecule has 1 aromatic rings. The van der Waals surface area contributed by atoms with E-state index in [-0.39, 0.29) is 47.2 Å². The second-order valence-corrected chi connectivity index (χ2v) is 10.6. The third kappa shape index (κ3) is 10.1. The van der Waals surface area contributed by atoms with E-state index < -0.39 is 0 Å². The summed E-state index contributed by atoms with van der Waals surface area (Å²) in [6.07, 6.45) is 0.851. The molecular weight excluding hydrogens is 468 g/mol. The van der Waals surface area contributed by atoms with Crippen molar-refractivity contribution in [2.24, 2.45) is 59.2 Å². The van der Waals surface area contributed by atoms with Crippen LogP contribution in [-0.4, -0.2) is 11.2 Å². The zero-order valence-electron chi connectivity index (χ0n) is 23.4. The van der Waals surface area contributed by atoms with Crippen LogP contribution in [0.5, 0.6) is 0 Å². The van der Waals surface area contributed by atoms with Gasteiger partial charge in [0.05, 0.1) is 6.10 Å². The van der Waals surface area contributed by atoms with E-state index >= 15 is 0 Å². The van der Waals surface area contributed by atoms with Gasteiger partial charge in [-0.2, -0.15) is 36.4 Å². The minimum Gasteiger partial charge on any atom is -0.393 e. The third-order valence-corrected chi connectivity index (χ3v) is 9.21. The first-order valence-corrected chi connectivity index (χ1v) is 12.1. The first kappa shape index (κ1) is 36.6. The molecule has 0 heterocycles. The molecule has 32 heavy (non-hydrogen) atoms. The van der Waals surface area contributed by atoms with Crippen LogP contribution in [0.4, 0.5) is 0 Å². The van der Waals surface area contributed by atoms with Gasteiger partial charge in [0.25, 0.3) is 0 Å². The zero-order chi connectivity index (χ0) is 22.3. The van der Waals surface area contributed by atoms with Gasteiger partial charge in [0.2, 0.25) is 0 Å². The van der Waals surface area contributed by atoms with Crippen LogP contribution in [0, 0.1) is 80.1 Å². The number of hydrogen-bond donors (Lipinski definition) is 1. The van der Waals surface area contributed by atoms with Crippen LogP contribution in [0.15, 0.2) is 30.3 Å². The quantitative estimate of drug-likeness (QED) is 0.386. The van der Waals surface area contributed by atoms with Gasteiger partial charge in [0.1, 0.15) is 0 Å². The maximum absolute atomic E-state index is 9.42. The van der Waals surface area contributed by atoms with Gasteiger partial charge in [-0.15, -0.1) is 0 Å². The van der Waals surface area contributed by atoms with Crippen LogP contribution in [0.1, 0.15) is 75.7 Å². The van der Waals surface area contributed by atoms with Crippen molar-refractivity contribution in [2.45, 2.75) is 81.8 Å². The van der Waals surface area contributed by atoms with Crippen molar-refractivity contribution >= 4 is 0 Å². The predicted molar refractivity (Wildman–Crippen MR) is 140 cm³/mol. The molecule has 0 spiro atoms. The smallest absolute Gasteiger partial charge is 0.393 e. The van der Waals surface area contributed by atoms with E-state index in [1.54, 1.807) is 0 Å². The minimum absolute atomic E-state index is 0. The number of rotatable bonds is 2. The van der Waals surface area contributed by atoms with Gasteiger partial charge < -0.3 is 20.0 Å². The molecule has 2 aliphatic carbocycles. The molecule has 1 N–H and O–H groups in total. The molecule has 0 saturated heterocycles. The van der Waals surface area contributed by atoms with Crippen LogP contribution in [-0.2, 0) is 26.2 Å². The Morgan fingerprint density at radius 2 is 0.875 bits per heavy atom. The summed E-state index contributed by atoms with van der Waals surface area (Å²) in [4.78, 5) is 0. The molecule has 2 heteroatoms. The summed E-state index contributed by atoms with van der Waals surface area (Å²) in [6, 6.07) is 12.5. The first-order valence-electron chi connectivity index (χ1n) is 12.1. The molecule has 1 aromatic carbocycles. The fraction of sp³-hybridized carbons (Fsp3) is 0.733. The Labute approximate surface area is 222 Å². The van der Waals surface area contributed by atoms with Crippen LogP contribution < -0.4 is 0 Å². The predicted octanol–water partition coefficient (Wildman–Crippen LogP) is 8.50. The Morgan fingerprint density at radius 1 is 0.594 bits per heavy atom. The van der Waals surface area contributed by atoms with Gasteiger partial charge in [0.15, 0.2) is 0 Å². The molecule has 2 saturated carbocycles. The van der Waals surface area contributed by atoms with Gasteiger partial charge in [-0.25, -0.2) is 0 Å². The van der Waals surface area contributed by atoms with Crippen molar-refractivity contribution in [3.8, 4) is 0 Å². The Hall–Kier alpha value is 0.0631. The fourth-order valence-electron chi connectivity index (χ4n) is 5.78. The van der Waals surface area contributed by atoms with Gasteiger partial charge in [-0.05, 0) is 72.5 Å². The van der Waals surface area contributed by atoms with E-state index in [1.165, 1.54) is 0 Å². The van der Waals surface area contributed by atoms with E-state index in [0.717, 1.165) is 65.6 Å². The van der Waals surface area contributed by atoms with E-state index in [9.17, 15) is 5.11 Å². The van der Waals surface area contributed by atoms with Gasteiger partial charge in [-0.3, -0.25) is 0 Å². The van der Waals surface area contributed by atoms with Crippen LogP contribution in [0.25, 0.3) is 0 Å². The maximum atomic E-state index is 9.42. The van der Waals surface area contributed by atoms with Crippen LogP contribution in [0.3, 0.4) is 0 Å². The van der Waals surface area contributed by atoms with Crippen molar-refractivity contribution in [1.82, 2.24) is 0 Å². The number of hydrogen-bond acceptors (Lipinski definition) is 1. The molecule has 5 unspecified atom stereocenters. The Kier molecular flexibility index (Phi) is 20.0. The van der Waals surface area contributed by atoms with Gasteiger partial charge in [0, 0.05) is 0 Å². The summed E-state index contributed by atoms with van der Waals surface area (Å²) >= 11 is 0. The second kappa shape index (κ2) is 17.5. The fourth-order valence-corrected chi connectivity index (χ4v) is 5.78. The maximum Gasteiger partial charge on any atom is 3.00 e. The van der Waals surface area contributed by atoms with Crippen molar-refractivity contribution in [2.75, 3.05) is 0 Å². The molecule has 0 aromatic heterocycles. The summed E-state index contributed by atoms with van der Waals surface area (Å²) < 4.78 is 0. The molecule has 5 atom stereocenters. The molecule has 2 fully saturated rings. The largest absolute Gasteiger partial charge is 3.00 e. The normalized spacial score (nSPS) is 38.3. The molecule has 0 aliphatic heterocycles. The Morgan fingerprint density at radius 3 is 1.06 bits per heavy atom. The van der Waals surface area contributed by atoms with Gasteiger partial charge >= 0.3 is 26.2 Å². The summed E-state index contributed by atoms with van der Waals surface area (Å²) in [5.41, 5.74) is 0. The standard InChI is InChI=1S/C12H24O.C10H20.C6H5.2CH3.Zr/c1-7(13)6-12-10(4)8(2)9(3)11(12)5;1-6-7(2)9(4)10(5)8(6)3;1-2-4-6-5-3-1;;;/h7-13H,6H2,1-5H3;6-10H,1-5H3;1-5H;2*1H3;/q;;3*-1;+3. The Bertz CT molecular complexity index is 459. The monoisotopic (exact) mass is 521 g/mol. The Balaban J connectivity index is -0.000000397. The summed E-state index contributed by atoms with van der Waals surface area (Å²) in [6.45, 7) is 23.3. The van der Waals surface area contributed by atoms with Crippen LogP contribution in [0.2, 0.25) is 0 Å². The SMILES string of the molecule is CC(O)CC1C(C)C(C)C(C)C1C.CC1C(C)C(C)C(C)C1C.[CH3-].[CH3-].[Zr+3].[c-]1ccccc1. The van der Waals surface area contributed by atoms with Crippen molar-refractivity contribution in [1.29, 1.82) is 0 Å². The van der Waals surface area contributed by atoms with E-state index in [4.69, 9.17) is 0 Å². The molecule has 1 radical (unpaired) electrons. The van der Waals surface area contributed by atoms with E-state index in [1.807, 2.05) is 37.3 Å². The third-order valence-electron chi connectivity index (χ3n) is 9.21. The van der Waals surface area contributed by atoms with Gasteiger partial charge in [-0.1, -0.05) is 62.3 Å². The average Bonchev–Trinajstić information content (AvgIpc) is 3.00. The van der Waals surface area contributed by atoms with E-state index in [0.29, 0.717) is 0 Å².